The van der Waals surface area contributed by atoms with Gasteiger partial charge in [-0.3, -0.25) is 4.98 Å². The molecule has 1 unspecified atom stereocenters. The molecule has 0 saturated carbocycles. The van der Waals surface area contributed by atoms with Crippen molar-refractivity contribution >= 4 is 50.0 Å². The molecule has 106 valence electrons. The van der Waals surface area contributed by atoms with Crippen LogP contribution in [0, 0.1) is 0 Å². The van der Waals surface area contributed by atoms with Gasteiger partial charge in [-0.2, -0.15) is 11.8 Å². The van der Waals surface area contributed by atoms with Gasteiger partial charge in [0.1, 0.15) is 0 Å². The molecular weight excluding hydrogens is 334 g/mol. The van der Waals surface area contributed by atoms with Crippen molar-refractivity contribution in [1.82, 2.24) is 4.98 Å². The van der Waals surface area contributed by atoms with Crippen LogP contribution in [0.4, 0.5) is 11.4 Å². The van der Waals surface area contributed by atoms with E-state index < -0.39 is 0 Å². The van der Waals surface area contributed by atoms with Crippen LogP contribution in [0.15, 0.2) is 28.9 Å². The van der Waals surface area contributed by atoms with E-state index in [0.717, 1.165) is 34.2 Å². The fourth-order valence-electron chi connectivity index (χ4n) is 2.64. The van der Waals surface area contributed by atoms with Crippen LogP contribution in [0.3, 0.4) is 0 Å². The third-order valence-electron chi connectivity index (χ3n) is 3.76. The van der Waals surface area contributed by atoms with E-state index in [1.807, 2.05) is 12.3 Å². The quantitative estimate of drug-likeness (QED) is 0.832. The highest BCUT2D eigenvalue weighted by Crippen LogP contribution is 2.33. The summed E-state index contributed by atoms with van der Waals surface area (Å²) in [5.41, 5.74) is 9.10. The second-order valence-electron chi connectivity index (χ2n) is 5.07. The molecule has 5 heteroatoms. The molecule has 1 aromatic heterocycles. The molecule has 1 saturated heterocycles. The number of hydrogen-bond donors (Lipinski definition) is 1. The first-order valence-electron chi connectivity index (χ1n) is 6.89. The second-order valence-corrected chi connectivity index (χ2v) is 7.39. The number of hydrogen-bond acceptors (Lipinski definition) is 4. The summed E-state index contributed by atoms with van der Waals surface area (Å²) in [6.45, 7) is 4.44. The summed E-state index contributed by atoms with van der Waals surface area (Å²) in [7, 11) is 0. The maximum absolute atomic E-state index is 6.09. The van der Waals surface area contributed by atoms with Gasteiger partial charge in [-0.25, -0.2) is 0 Å². The fraction of sp³-hybridized carbons (Fsp3) is 0.400. The van der Waals surface area contributed by atoms with Crippen molar-refractivity contribution in [1.29, 1.82) is 0 Å². The van der Waals surface area contributed by atoms with E-state index in [2.05, 4.69) is 56.6 Å². The monoisotopic (exact) mass is 351 g/mol. The molecule has 2 heterocycles. The molecule has 1 aromatic carbocycles. The van der Waals surface area contributed by atoms with Gasteiger partial charge in [0.25, 0.3) is 0 Å². The van der Waals surface area contributed by atoms with Crippen molar-refractivity contribution in [2.24, 2.45) is 0 Å². The van der Waals surface area contributed by atoms with E-state index in [1.54, 1.807) is 0 Å². The minimum atomic E-state index is 0.715. The highest BCUT2D eigenvalue weighted by molar-refractivity contribution is 9.10. The molecule has 0 radical (unpaired) electrons. The number of anilines is 2. The van der Waals surface area contributed by atoms with Crippen LogP contribution in [0.2, 0.25) is 0 Å². The Morgan fingerprint density at radius 2 is 2.35 bits per heavy atom. The van der Waals surface area contributed by atoms with Crippen LogP contribution >= 0.6 is 27.7 Å². The lowest BCUT2D eigenvalue weighted by Crippen LogP contribution is -2.37. The standard InChI is InChI=1S/C15H18BrN3S/c1-2-11-9-19(5-6-20-11)14-4-3-13(17)12-7-10(16)8-18-15(12)14/h3-4,7-8,11H,2,5-6,9,17H2,1H3. The molecule has 0 spiro atoms. The third-order valence-corrected chi connectivity index (χ3v) is 5.57. The number of benzene rings is 1. The Bertz CT molecular complexity index is 632. The van der Waals surface area contributed by atoms with Gasteiger partial charge in [0.05, 0.1) is 11.2 Å². The van der Waals surface area contributed by atoms with Crippen LogP contribution in [0.1, 0.15) is 13.3 Å². The number of thioether (sulfide) groups is 1. The molecule has 3 nitrogen and oxygen atoms in total. The summed E-state index contributed by atoms with van der Waals surface area (Å²) in [6, 6.07) is 6.16. The zero-order valence-corrected chi connectivity index (χ0v) is 13.9. The second kappa shape index (κ2) is 5.82. The van der Waals surface area contributed by atoms with Gasteiger partial charge in [0.2, 0.25) is 0 Å². The molecule has 2 aromatic rings. The van der Waals surface area contributed by atoms with Gasteiger partial charge in [0.15, 0.2) is 0 Å². The molecule has 20 heavy (non-hydrogen) atoms. The van der Waals surface area contributed by atoms with Crippen molar-refractivity contribution in [3.8, 4) is 0 Å². The van der Waals surface area contributed by atoms with Crippen LogP contribution in [-0.4, -0.2) is 29.1 Å². The predicted molar refractivity (Wildman–Crippen MR) is 92.6 cm³/mol. The Morgan fingerprint density at radius 1 is 1.50 bits per heavy atom. The molecular formula is C15H18BrN3S. The van der Waals surface area contributed by atoms with Crippen molar-refractivity contribution in [3.05, 3.63) is 28.9 Å². The Labute approximate surface area is 132 Å². The van der Waals surface area contributed by atoms with E-state index in [9.17, 15) is 0 Å². The summed E-state index contributed by atoms with van der Waals surface area (Å²) < 4.78 is 0.967. The number of nitrogen functional groups attached to an aromatic ring is 1. The van der Waals surface area contributed by atoms with E-state index in [0.29, 0.717) is 5.25 Å². The summed E-state index contributed by atoms with van der Waals surface area (Å²) in [5, 5.41) is 1.75. The van der Waals surface area contributed by atoms with Crippen LogP contribution in [0.25, 0.3) is 10.9 Å². The van der Waals surface area contributed by atoms with E-state index >= 15 is 0 Å². The predicted octanol–water partition coefficient (Wildman–Crippen LogP) is 3.91. The highest BCUT2D eigenvalue weighted by atomic mass is 79.9. The lowest BCUT2D eigenvalue weighted by molar-refractivity contribution is 0.730. The van der Waals surface area contributed by atoms with Crippen molar-refractivity contribution in [3.63, 3.8) is 0 Å². The minimum Gasteiger partial charge on any atom is -0.398 e. The van der Waals surface area contributed by atoms with E-state index in [-0.39, 0.29) is 0 Å². The number of fused-ring (bicyclic) bond motifs is 1. The molecule has 0 amide bonds. The van der Waals surface area contributed by atoms with E-state index in [4.69, 9.17) is 5.73 Å². The maximum atomic E-state index is 6.09. The van der Waals surface area contributed by atoms with Gasteiger partial charge in [-0.1, -0.05) is 6.92 Å². The lowest BCUT2D eigenvalue weighted by atomic mass is 10.1. The van der Waals surface area contributed by atoms with Crippen LogP contribution < -0.4 is 10.6 Å². The smallest absolute Gasteiger partial charge is 0.0956 e. The fourth-order valence-corrected chi connectivity index (χ4v) is 4.15. The Balaban J connectivity index is 2.05. The first-order chi connectivity index (χ1) is 9.69. The first kappa shape index (κ1) is 14.0. The zero-order valence-electron chi connectivity index (χ0n) is 11.5. The summed E-state index contributed by atoms with van der Waals surface area (Å²) in [5.74, 6) is 1.18. The van der Waals surface area contributed by atoms with Gasteiger partial charge in [0, 0.05) is 45.8 Å². The topological polar surface area (TPSA) is 42.1 Å². The van der Waals surface area contributed by atoms with Crippen molar-refractivity contribution in [2.75, 3.05) is 29.5 Å². The number of halogens is 1. The Morgan fingerprint density at radius 3 is 3.15 bits per heavy atom. The zero-order chi connectivity index (χ0) is 14.1. The Kier molecular flexibility index (Phi) is 4.08. The molecule has 1 atom stereocenters. The molecule has 2 N–H and O–H groups in total. The molecule has 1 fully saturated rings. The minimum absolute atomic E-state index is 0.715. The number of rotatable bonds is 2. The summed E-state index contributed by atoms with van der Waals surface area (Å²) in [6.07, 6.45) is 3.06. The van der Waals surface area contributed by atoms with Crippen LogP contribution in [0.5, 0.6) is 0 Å². The van der Waals surface area contributed by atoms with Gasteiger partial charge in [-0.15, -0.1) is 0 Å². The normalized spacial score (nSPS) is 19.5. The number of nitrogens with two attached hydrogens (primary N) is 1. The van der Waals surface area contributed by atoms with Gasteiger partial charge >= 0.3 is 0 Å². The lowest BCUT2D eigenvalue weighted by Gasteiger charge is -2.34. The first-order valence-corrected chi connectivity index (χ1v) is 8.73. The molecule has 3 rings (SSSR count). The average molecular weight is 352 g/mol. The van der Waals surface area contributed by atoms with E-state index in [1.165, 1.54) is 17.9 Å². The van der Waals surface area contributed by atoms with Crippen LogP contribution in [-0.2, 0) is 0 Å². The summed E-state index contributed by atoms with van der Waals surface area (Å²) >= 11 is 5.55. The number of pyridine rings is 1. The average Bonchev–Trinajstić information content (AvgIpc) is 2.48. The van der Waals surface area contributed by atoms with Gasteiger partial charge in [-0.05, 0) is 40.5 Å². The molecule has 1 aliphatic rings. The largest absolute Gasteiger partial charge is 0.398 e. The molecule has 0 aliphatic carbocycles. The van der Waals surface area contributed by atoms with Gasteiger partial charge < -0.3 is 10.6 Å². The van der Waals surface area contributed by atoms with Crippen molar-refractivity contribution < 1.29 is 0 Å². The number of aromatic nitrogens is 1. The Hall–Kier alpha value is -0.940. The SMILES string of the molecule is CCC1CN(c2ccc(N)c3cc(Br)cnc23)CCS1. The summed E-state index contributed by atoms with van der Waals surface area (Å²) in [4.78, 5) is 7.04. The number of nitrogens with zero attached hydrogens (tertiary/aromatic N) is 2. The third kappa shape index (κ3) is 2.61. The molecule has 0 bridgehead atoms. The molecule has 1 aliphatic heterocycles. The maximum Gasteiger partial charge on any atom is 0.0956 e. The highest BCUT2D eigenvalue weighted by Gasteiger charge is 2.21. The van der Waals surface area contributed by atoms with Crippen molar-refractivity contribution in [2.45, 2.75) is 18.6 Å².